The minimum atomic E-state index is -0.671. The van der Waals surface area contributed by atoms with Gasteiger partial charge in [0.15, 0.2) is 0 Å². The largest absolute Gasteiger partial charge is 0.481 e. The van der Waals surface area contributed by atoms with E-state index in [0.717, 1.165) is 43.7 Å². The zero-order chi connectivity index (χ0) is 27.9. The third kappa shape index (κ3) is 4.83. The van der Waals surface area contributed by atoms with Crippen LogP contribution in [0.25, 0.3) is 10.9 Å². The number of nitrogens with zero attached hydrogens (tertiary/aromatic N) is 6. The Morgan fingerprint density at radius 1 is 1.12 bits per heavy atom. The summed E-state index contributed by atoms with van der Waals surface area (Å²) in [6, 6.07) is 9.84. The van der Waals surface area contributed by atoms with Gasteiger partial charge in [-0.3, -0.25) is 14.4 Å². The molecule has 1 aromatic carbocycles. The Bertz CT molecular complexity index is 1550. The lowest BCUT2D eigenvalue weighted by Crippen LogP contribution is -2.38. The molecule has 3 fully saturated rings. The van der Waals surface area contributed by atoms with Gasteiger partial charge in [-0.2, -0.15) is 10.4 Å². The molecular weight excluding hydrogens is 512 g/mol. The van der Waals surface area contributed by atoms with Crippen LogP contribution in [-0.4, -0.2) is 68.2 Å². The van der Waals surface area contributed by atoms with Crippen molar-refractivity contribution in [1.82, 2.24) is 25.1 Å². The summed E-state index contributed by atoms with van der Waals surface area (Å²) >= 11 is 0. The number of anilines is 3. The van der Waals surface area contributed by atoms with Crippen LogP contribution in [-0.2, 0) is 9.59 Å². The summed E-state index contributed by atoms with van der Waals surface area (Å²) in [7, 11) is 0. The zero-order valence-electron chi connectivity index (χ0n) is 22.0. The van der Waals surface area contributed by atoms with E-state index in [0.29, 0.717) is 48.5 Å². The Hall–Kier alpha value is -4.53. The van der Waals surface area contributed by atoms with E-state index in [9.17, 15) is 19.5 Å². The van der Waals surface area contributed by atoms with Gasteiger partial charge in [0.1, 0.15) is 29.0 Å². The van der Waals surface area contributed by atoms with Crippen molar-refractivity contribution in [3.63, 3.8) is 0 Å². The van der Waals surface area contributed by atoms with Gasteiger partial charge < -0.3 is 20.2 Å². The van der Waals surface area contributed by atoms with Gasteiger partial charge in [0.05, 0.1) is 18.2 Å². The molecule has 40 heavy (non-hydrogen) atoms. The molecule has 1 atom stereocenters. The number of fused-ring (bicyclic) bond motifs is 1. The number of likely N-dealkylation sites (tertiary alicyclic amines) is 1. The Kier molecular flexibility index (Phi) is 6.57. The molecule has 3 aromatic rings. The van der Waals surface area contributed by atoms with E-state index in [1.165, 1.54) is 6.20 Å². The molecule has 1 spiro atoms. The first-order chi connectivity index (χ1) is 19.4. The fourth-order valence-electron chi connectivity index (χ4n) is 6.21. The van der Waals surface area contributed by atoms with Crippen LogP contribution in [0.2, 0.25) is 0 Å². The number of aromatic amines is 1. The number of amides is 1. The second kappa shape index (κ2) is 10.2. The van der Waals surface area contributed by atoms with Crippen molar-refractivity contribution < 1.29 is 14.7 Å². The van der Waals surface area contributed by atoms with Crippen molar-refractivity contribution in [2.45, 2.75) is 44.4 Å². The summed E-state index contributed by atoms with van der Waals surface area (Å²) in [6.45, 7) is 2.72. The number of hydrogen-bond donors (Lipinski definition) is 3. The molecule has 1 amide bonds. The van der Waals surface area contributed by atoms with E-state index in [1.54, 1.807) is 4.90 Å². The van der Waals surface area contributed by atoms with Crippen molar-refractivity contribution >= 4 is 40.0 Å². The number of carboxylic acid groups (broad SMARTS) is 1. The van der Waals surface area contributed by atoms with Crippen LogP contribution in [0, 0.1) is 22.7 Å². The van der Waals surface area contributed by atoms with Crippen molar-refractivity contribution in [1.29, 1.82) is 5.26 Å². The van der Waals surface area contributed by atoms with Crippen LogP contribution >= 0.6 is 0 Å². The van der Waals surface area contributed by atoms with Crippen LogP contribution in [0.15, 0.2) is 35.3 Å². The molecule has 2 saturated heterocycles. The fraction of sp³-hybridized carbons (Fsp3) is 0.464. The number of piperidine rings is 2. The summed E-state index contributed by atoms with van der Waals surface area (Å²) < 4.78 is 0. The van der Waals surface area contributed by atoms with Crippen LogP contribution in [0.4, 0.5) is 17.2 Å². The smallest absolute Gasteiger partial charge is 0.307 e. The molecule has 2 aromatic heterocycles. The van der Waals surface area contributed by atoms with Crippen LogP contribution in [0.3, 0.4) is 0 Å². The predicted molar refractivity (Wildman–Crippen MR) is 146 cm³/mol. The highest BCUT2D eigenvalue weighted by Gasteiger charge is 2.58. The number of carbonyl (C=O) groups excluding carboxylic acids is 1. The molecule has 6 rings (SSSR count). The molecule has 12 heteroatoms. The van der Waals surface area contributed by atoms with Gasteiger partial charge in [-0.05, 0) is 61.8 Å². The number of carboxylic acids is 1. The zero-order valence-corrected chi connectivity index (χ0v) is 22.0. The summed E-state index contributed by atoms with van der Waals surface area (Å²) in [5.74, 6) is -0.0303. The fourth-order valence-corrected chi connectivity index (χ4v) is 6.21. The Balaban J connectivity index is 1.18. The Morgan fingerprint density at radius 3 is 2.50 bits per heavy atom. The van der Waals surface area contributed by atoms with E-state index in [2.05, 4.69) is 25.4 Å². The highest BCUT2D eigenvalue weighted by Crippen LogP contribution is 2.59. The van der Waals surface area contributed by atoms with Gasteiger partial charge in [0.25, 0.3) is 5.56 Å². The number of nitrogens with one attached hydrogen (secondary N) is 2. The SMILES string of the molecule is N#CCC(=O)N1CCC(c2nc(Nc3ccc(N4CCC5(CC4)CC5C(=O)O)cc3)c3c(=O)[nH]ncc3n2)CC1. The lowest BCUT2D eigenvalue weighted by atomic mass is 9.90. The number of hydrogen-bond acceptors (Lipinski definition) is 9. The molecule has 206 valence electrons. The maximum absolute atomic E-state index is 12.7. The van der Waals surface area contributed by atoms with Gasteiger partial charge in [-0.1, -0.05) is 0 Å². The number of H-pyrrole nitrogens is 1. The van der Waals surface area contributed by atoms with E-state index < -0.39 is 5.97 Å². The molecule has 2 aliphatic heterocycles. The van der Waals surface area contributed by atoms with Crippen molar-refractivity contribution in [3.8, 4) is 6.07 Å². The van der Waals surface area contributed by atoms with Gasteiger partial charge in [-0.15, -0.1) is 0 Å². The van der Waals surface area contributed by atoms with Crippen molar-refractivity contribution in [2.75, 3.05) is 36.4 Å². The molecule has 0 bridgehead atoms. The molecule has 0 radical (unpaired) electrons. The minimum absolute atomic E-state index is 0.00679. The van der Waals surface area contributed by atoms with Crippen molar-refractivity contribution in [3.05, 3.63) is 46.6 Å². The summed E-state index contributed by atoms with van der Waals surface area (Å²) in [6.07, 6.45) is 5.29. The molecule has 1 unspecified atom stereocenters. The standard InChI is InChI=1S/C28H30N8O4/c29-10-5-22(37)36-11-6-17(7-12-36)24-32-21-16-30-34-26(38)23(21)25(33-24)31-18-1-3-19(4-2-18)35-13-8-28(9-14-35)15-20(28)27(39)40/h1-4,16-17,20H,5-9,11-15H2,(H,34,38)(H,39,40)(H,31,32,33). The third-order valence-electron chi connectivity index (χ3n) is 8.72. The molecule has 3 N–H and O–H groups in total. The molecule has 4 heterocycles. The predicted octanol–water partition coefficient (Wildman–Crippen LogP) is 2.77. The summed E-state index contributed by atoms with van der Waals surface area (Å²) in [5, 5.41) is 28.2. The third-order valence-corrected chi connectivity index (χ3v) is 8.72. The maximum Gasteiger partial charge on any atom is 0.307 e. The number of rotatable bonds is 6. The monoisotopic (exact) mass is 542 g/mol. The molecule has 1 saturated carbocycles. The quantitative estimate of drug-likeness (QED) is 0.421. The van der Waals surface area contributed by atoms with E-state index in [1.807, 2.05) is 30.3 Å². The van der Waals surface area contributed by atoms with Crippen molar-refractivity contribution in [2.24, 2.45) is 11.3 Å². The average molecular weight is 543 g/mol. The number of aromatic nitrogens is 4. The Morgan fingerprint density at radius 2 is 1.85 bits per heavy atom. The second-order valence-electron chi connectivity index (χ2n) is 11.0. The minimum Gasteiger partial charge on any atom is -0.481 e. The topological polar surface area (TPSA) is 168 Å². The van der Waals surface area contributed by atoms with Crippen LogP contribution < -0.4 is 15.8 Å². The first-order valence-electron chi connectivity index (χ1n) is 13.6. The van der Waals surface area contributed by atoms with E-state index in [4.69, 9.17) is 10.2 Å². The highest BCUT2D eigenvalue weighted by molar-refractivity contribution is 5.89. The lowest BCUT2D eigenvalue weighted by molar-refractivity contribution is -0.139. The van der Waals surface area contributed by atoms with Gasteiger partial charge in [-0.25, -0.2) is 15.1 Å². The number of carbonyl (C=O) groups is 2. The average Bonchev–Trinajstić information content (AvgIpc) is 3.67. The van der Waals surface area contributed by atoms with E-state index >= 15 is 0 Å². The highest BCUT2D eigenvalue weighted by atomic mass is 16.4. The molecule has 12 nitrogen and oxygen atoms in total. The van der Waals surface area contributed by atoms with Crippen LogP contribution in [0.1, 0.15) is 50.3 Å². The molecule has 3 aliphatic rings. The molecule has 1 aliphatic carbocycles. The van der Waals surface area contributed by atoms with E-state index in [-0.39, 0.29) is 35.1 Å². The first kappa shape index (κ1) is 25.7. The number of nitriles is 1. The summed E-state index contributed by atoms with van der Waals surface area (Å²) in [4.78, 5) is 49.5. The van der Waals surface area contributed by atoms with Crippen LogP contribution in [0.5, 0.6) is 0 Å². The number of aliphatic carboxylic acids is 1. The van der Waals surface area contributed by atoms with Gasteiger partial charge in [0.2, 0.25) is 5.91 Å². The van der Waals surface area contributed by atoms with Gasteiger partial charge in [0, 0.05) is 43.5 Å². The maximum atomic E-state index is 12.7. The second-order valence-corrected chi connectivity index (χ2v) is 11.0. The normalized spacial score (nSPS) is 20.3. The lowest BCUT2D eigenvalue weighted by Gasteiger charge is -2.34. The first-order valence-corrected chi connectivity index (χ1v) is 13.6. The number of benzene rings is 1. The summed E-state index contributed by atoms with van der Waals surface area (Å²) in [5.41, 5.74) is 1.88. The Labute approximate surface area is 230 Å². The molecular formula is C28H30N8O4. The van der Waals surface area contributed by atoms with Gasteiger partial charge >= 0.3 is 5.97 Å².